The summed E-state index contributed by atoms with van der Waals surface area (Å²) in [6, 6.07) is 5.16. The second kappa shape index (κ2) is 4.35. The lowest BCUT2D eigenvalue weighted by Gasteiger charge is -2.03. The van der Waals surface area contributed by atoms with Gasteiger partial charge in [-0.1, -0.05) is 34.8 Å². The molecule has 0 saturated carbocycles. The molecule has 15 heavy (non-hydrogen) atoms. The quantitative estimate of drug-likeness (QED) is 0.770. The highest BCUT2D eigenvalue weighted by Gasteiger charge is 2.06. The summed E-state index contributed by atoms with van der Waals surface area (Å²) in [5.74, 6) is 0. The number of hydrogen-bond donors (Lipinski definition) is 0. The fourth-order valence-electron chi connectivity index (χ4n) is 1.22. The van der Waals surface area contributed by atoms with Gasteiger partial charge in [-0.25, -0.2) is 9.97 Å². The van der Waals surface area contributed by atoms with Crippen molar-refractivity contribution in [1.82, 2.24) is 9.97 Å². The molecule has 2 aromatic rings. The molecule has 0 aliphatic carbocycles. The standard InChI is InChI=1S/C10H5Cl3N2/c11-7-1-6(2-8(12)3-7)10-9(13)4-14-5-15-10/h1-5H. The Morgan fingerprint density at radius 2 is 1.60 bits per heavy atom. The number of rotatable bonds is 1. The van der Waals surface area contributed by atoms with E-state index in [1.54, 1.807) is 18.2 Å². The molecular weight excluding hydrogens is 254 g/mol. The molecule has 0 amide bonds. The van der Waals surface area contributed by atoms with Crippen LogP contribution in [0.4, 0.5) is 0 Å². The van der Waals surface area contributed by atoms with Crippen molar-refractivity contribution in [2.24, 2.45) is 0 Å². The third kappa shape index (κ3) is 2.40. The van der Waals surface area contributed by atoms with Gasteiger partial charge in [-0.3, -0.25) is 0 Å². The summed E-state index contributed by atoms with van der Waals surface area (Å²) in [7, 11) is 0. The van der Waals surface area contributed by atoms with Gasteiger partial charge < -0.3 is 0 Å². The zero-order valence-electron chi connectivity index (χ0n) is 7.42. The van der Waals surface area contributed by atoms with Crippen LogP contribution in [0.15, 0.2) is 30.7 Å². The Morgan fingerprint density at radius 1 is 0.933 bits per heavy atom. The highest BCUT2D eigenvalue weighted by Crippen LogP contribution is 2.29. The third-order valence-electron chi connectivity index (χ3n) is 1.80. The largest absolute Gasteiger partial charge is 0.243 e. The first-order valence-corrected chi connectivity index (χ1v) is 5.22. The number of halogens is 3. The van der Waals surface area contributed by atoms with Crippen LogP contribution in [-0.2, 0) is 0 Å². The van der Waals surface area contributed by atoms with Gasteiger partial charge in [-0.2, -0.15) is 0 Å². The summed E-state index contributed by atoms with van der Waals surface area (Å²) in [6.45, 7) is 0. The molecule has 0 saturated heterocycles. The monoisotopic (exact) mass is 258 g/mol. The number of aromatic nitrogens is 2. The lowest BCUT2D eigenvalue weighted by Crippen LogP contribution is -1.86. The summed E-state index contributed by atoms with van der Waals surface area (Å²) in [4.78, 5) is 7.88. The van der Waals surface area contributed by atoms with Crippen molar-refractivity contribution >= 4 is 34.8 Å². The van der Waals surface area contributed by atoms with Gasteiger partial charge in [0.15, 0.2) is 0 Å². The first kappa shape index (κ1) is 10.7. The molecule has 0 atom stereocenters. The van der Waals surface area contributed by atoms with Crippen LogP contribution in [0.3, 0.4) is 0 Å². The van der Waals surface area contributed by atoms with Crippen molar-refractivity contribution in [3.05, 3.63) is 45.8 Å². The van der Waals surface area contributed by atoms with Crippen molar-refractivity contribution in [1.29, 1.82) is 0 Å². The second-order valence-corrected chi connectivity index (χ2v) is 4.16. The molecule has 0 N–H and O–H groups in total. The van der Waals surface area contributed by atoms with Crippen molar-refractivity contribution in [2.75, 3.05) is 0 Å². The van der Waals surface area contributed by atoms with Crippen molar-refractivity contribution in [3.8, 4) is 11.3 Å². The molecule has 0 radical (unpaired) electrons. The highest BCUT2D eigenvalue weighted by atomic mass is 35.5. The molecule has 0 aliphatic rings. The fraction of sp³-hybridized carbons (Fsp3) is 0. The molecule has 2 rings (SSSR count). The molecule has 0 spiro atoms. The van der Waals surface area contributed by atoms with Crippen LogP contribution in [0, 0.1) is 0 Å². The maximum absolute atomic E-state index is 5.95. The van der Waals surface area contributed by atoms with E-state index in [1.807, 2.05) is 0 Å². The van der Waals surface area contributed by atoms with Crippen LogP contribution >= 0.6 is 34.8 Å². The van der Waals surface area contributed by atoms with E-state index in [1.165, 1.54) is 12.5 Å². The van der Waals surface area contributed by atoms with Gasteiger partial charge in [0.25, 0.3) is 0 Å². The number of nitrogens with zero attached hydrogens (tertiary/aromatic N) is 2. The normalized spacial score (nSPS) is 10.3. The fourth-order valence-corrected chi connectivity index (χ4v) is 1.96. The van der Waals surface area contributed by atoms with Gasteiger partial charge in [0.2, 0.25) is 0 Å². The number of hydrogen-bond acceptors (Lipinski definition) is 2. The lowest BCUT2D eigenvalue weighted by atomic mass is 10.1. The Bertz CT molecular complexity index is 480. The minimum absolute atomic E-state index is 0.468. The SMILES string of the molecule is Clc1cc(Cl)cc(-c2ncncc2Cl)c1. The zero-order valence-corrected chi connectivity index (χ0v) is 9.68. The summed E-state index contributed by atoms with van der Waals surface area (Å²) in [5, 5.41) is 1.56. The molecule has 0 unspecified atom stereocenters. The zero-order chi connectivity index (χ0) is 10.8. The van der Waals surface area contributed by atoms with E-state index in [9.17, 15) is 0 Å². The first-order valence-electron chi connectivity index (χ1n) is 4.09. The van der Waals surface area contributed by atoms with Gasteiger partial charge in [0.05, 0.1) is 10.7 Å². The molecule has 0 aliphatic heterocycles. The summed E-state index contributed by atoms with van der Waals surface area (Å²) in [6.07, 6.45) is 2.95. The number of benzene rings is 1. The summed E-state index contributed by atoms with van der Waals surface area (Å²) in [5.41, 5.74) is 1.40. The maximum atomic E-state index is 5.95. The Hall–Kier alpha value is -0.830. The molecule has 1 aromatic heterocycles. The van der Waals surface area contributed by atoms with Gasteiger partial charge in [-0.05, 0) is 18.2 Å². The molecule has 1 heterocycles. The first-order chi connectivity index (χ1) is 7.16. The van der Waals surface area contributed by atoms with E-state index in [4.69, 9.17) is 34.8 Å². The second-order valence-electron chi connectivity index (χ2n) is 2.88. The average Bonchev–Trinajstić information content (AvgIpc) is 2.16. The maximum Gasteiger partial charge on any atom is 0.116 e. The predicted octanol–water partition coefficient (Wildman–Crippen LogP) is 4.10. The van der Waals surface area contributed by atoms with Gasteiger partial charge in [0.1, 0.15) is 6.33 Å². The molecule has 0 fully saturated rings. The average molecular weight is 260 g/mol. The summed E-state index contributed by atoms with van der Waals surface area (Å²) >= 11 is 17.7. The van der Waals surface area contributed by atoms with Crippen LogP contribution in [0.5, 0.6) is 0 Å². The predicted molar refractivity (Wildman–Crippen MR) is 62.5 cm³/mol. The van der Waals surface area contributed by atoms with Gasteiger partial charge >= 0.3 is 0 Å². The van der Waals surface area contributed by atoms with Crippen LogP contribution in [-0.4, -0.2) is 9.97 Å². The van der Waals surface area contributed by atoms with E-state index in [0.717, 1.165) is 5.56 Å². The molecule has 1 aromatic carbocycles. The summed E-state index contributed by atoms with van der Waals surface area (Å²) < 4.78 is 0. The Balaban J connectivity index is 2.59. The minimum atomic E-state index is 0.468. The third-order valence-corrected chi connectivity index (χ3v) is 2.52. The van der Waals surface area contributed by atoms with E-state index in [-0.39, 0.29) is 0 Å². The molecule has 76 valence electrons. The van der Waals surface area contributed by atoms with Crippen LogP contribution in [0.25, 0.3) is 11.3 Å². The van der Waals surface area contributed by atoms with Crippen molar-refractivity contribution in [3.63, 3.8) is 0 Å². The molecule has 5 heteroatoms. The van der Waals surface area contributed by atoms with Crippen LogP contribution in [0.2, 0.25) is 15.1 Å². The highest BCUT2D eigenvalue weighted by molar-refractivity contribution is 6.35. The van der Waals surface area contributed by atoms with Crippen LogP contribution in [0.1, 0.15) is 0 Å². The van der Waals surface area contributed by atoms with Crippen molar-refractivity contribution < 1.29 is 0 Å². The Kier molecular flexibility index (Phi) is 3.10. The van der Waals surface area contributed by atoms with Crippen molar-refractivity contribution in [2.45, 2.75) is 0 Å². The molecule has 2 nitrogen and oxygen atoms in total. The Morgan fingerprint density at radius 3 is 2.20 bits per heavy atom. The topological polar surface area (TPSA) is 25.8 Å². The van der Waals surface area contributed by atoms with E-state index >= 15 is 0 Å². The van der Waals surface area contributed by atoms with E-state index < -0.39 is 0 Å². The van der Waals surface area contributed by atoms with Gasteiger partial charge in [0, 0.05) is 21.8 Å². The van der Waals surface area contributed by atoms with Crippen LogP contribution < -0.4 is 0 Å². The molecular formula is C10H5Cl3N2. The van der Waals surface area contributed by atoms with E-state index in [0.29, 0.717) is 20.8 Å². The Labute approximate surface area is 102 Å². The van der Waals surface area contributed by atoms with E-state index in [2.05, 4.69) is 9.97 Å². The minimum Gasteiger partial charge on any atom is -0.243 e. The van der Waals surface area contributed by atoms with Gasteiger partial charge in [-0.15, -0.1) is 0 Å². The lowest BCUT2D eigenvalue weighted by molar-refractivity contribution is 1.17. The smallest absolute Gasteiger partial charge is 0.116 e. The molecule has 0 bridgehead atoms.